The highest BCUT2D eigenvalue weighted by molar-refractivity contribution is 4.99. The van der Waals surface area contributed by atoms with Crippen LogP contribution in [0.4, 0.5) is 0 Å². The third-order valence-electron chi connectivity index (χ3n) is 1.65. The van der Waals surface area contributed by atoms with Crippen molar-refractivity contribution in [1.29, 1.82) is 0 Å². The summed E-state index contributed by atoms with van der Waals surface area (Å²) < 4.78 is 0. The lowest BCUT2D eigenvalue weighted by Crippen LogP contribution is -2.30. The number of hydrogen-bond donors (Lipinski definition) is 2. The molecule has 2 heteroatoms. The van der Waals surface area contributed by atoms with Crippen LogP contribution in [0.2, 0.25) is 0 Å². The van der Waals surface area contributed by atoms with Crippen LogP contribution in [0, 0.1) is 12.3 Å². The molecule has 0 aromatic carbocycles. The average molecular weight is 125 g/mol. The quantitative estimate of drug-likeness (QED) is 0.473. The second-order valence-corrected chi connectivity index (χ2v) is 2.53. The zero-order chi connectivity index (χ0) is 6.74. The van der Waals surface area contributed by atoms with E-state index in [-0.39, 0.29) is 0 Å². The number of β-amino-alcohol motifs (C(OH)–C–C–N with tert-alkyl or cyclic N) is 1. The Balaban J connectivity index is 2.43. The lowest BCUT2D eigenvalue weighted by atomic mass is 10.00. The van der Waals surface area contributed by atoms with Gasteiger partial charge in [-0.15, -0.1) is 12.3 Å². The first-order valence-electron chi connectivity index (χ1n) is 3.13. The highest BCUT2D eigenvalue weighted by Crippen LogP contribution is 2.16. The summed E-state index contributed by atoms with van der Waals surface area (Å²) in [6, 6.07) is 0. The summed E-state index contributed by atoms with van der Waals surface area (Å²) in [5, 5.41) is 12.5. The van der Waals surface area contributed by atoms with Crippen LogP contribution in [0.5, 0.6) is 0 Å². The maximum absolute atomic E-state index is 9.49. The van der Waals surface area contributed by atoms with Crippen LogP contribution in [-0.4, -0.2) is 23.8 Å². The fraction of sp³-hybridized carbons (Fsp3) is 0.714. The van der Waals surface area contributed by atoms with E-state index in [9.17, 15) is 5.11 Å². The molecule has 0 saturated carbocycles. The van der Waals surface area contributed by atoms with Gasteiger partial charge in [0.15, 0.2) is 0 Å². The molecule has 0 aromatic rings. The molecule has 1 fully saturated rings. The molecule has 1 atom stereocenters. The monoisotopic (exact) mass is 125 g/mol. The van der Waals surface area contributed by atoms with Crippen molar-refractivity contribution in [2.24, 2.45) is 0 Å². The molecular formula is C7H11NO. The molecule has 1 aliphatic rings. The zero-order valence-corrected chi connectivity index (χ0v) is 5.35. The minimum Gasteiger partial charge on any atom is -0.388 e. The molecule has 1 rings (SSSR count). The van der Waals surface area contributed by atoms with Crippen LogP contribution in [0.3, 0.4) is 0 Å². The molecule has 9 heavy (non-hydrogen) atoms. The lowest BCUT2D eigenvalue weighted by molar-refractivity contribution is 0.0670. The van der Waals surface area contributed by atoms with E-state index < -0.39 is 5.60 Å². The Bertz CT molecular complexity index is 130. The molecule has 0 aromatic heterocycles. The van der Waals surface area contributed by atoms with Crippen molar-refractivity contribution in [2.75, 3.05) is 13.1 Å². The van der Waals surface area contributed by atoms with Gasteiger partial charge in [0.05, 0.1) is 5.60 Å². The first kappa shape index (κ1) is 6.60. The predicted octanol–water partition coefficient (Wildman–Crippen LogP) is -0.266. The molecule has 1 aliphatic heterocycles. The van der Waals surface area contributed by atoms with Gasteiger partial charge in [-0.05, 0) is 13.0 Å². The average Bonchev–Trinajstić information content (AvgIpc) is 2.16. The van der Waals surface area contributed by atoms with Crippen molar-refractivity contribution in [3.8, 4) is 12.3 Å². The van der Waals surface area contributed by atoms with Gasteiger partial charge >= 0.3 is 0 Å². The van der Waals surface area contributed by atoms with Gasteiger partial charge in [0, 0.05) is 13.0 Å². The van der Waals surface area contributed by atoms with Crippen molar-refractivity contribution in [1.82, 2.24) is 5.32 Å². The fourth-order valence-corrected chi connectivity index (χ4v) is 1.07. The first-order chi connectivity index (χ1) is 4.27. The number of aliphatic hydroxyl groups is 1. The summed E-state index contributed by atoms with van der Waals surface area (Å²) in [6.07, 6.45) is 6.32. The first-order valence-corrected chi connectivity index (χ1v) is 3.13. The smallest absolute Gasteiger partial charge is 0.0892 e. The molecule has 0 spiro atoms. The Labute approximate surface area is 55.3 Å². The van der Waals surface area contributed by atoms with Gasteiger partial charge in [-0.25, -0.2) is 0 Å². The van der Waals surface area contributed by atoms with Crippen molar-refractivity contribution in [2.45, 2.75) is 18.4 Å². The molecule has 1 saturated heterocycles. The van der Waals surface area contributed by atoms with Crippen LogP contribution in [0.25, 0.3) is 0 Å². The van der Waals surface area contributed by atoms with Gasteiger partial charge in [0.2, 0.25) is 0 Å². The van der Waals surface area contributed by atoms with Crippen LogP contribution < -0.4 is 5.32 Å². The topological polar surface area (TPSA) is 32.3 Å². The minimum atomic E-state index is -0.602. The van der Waals surface area contributed by atoms with E-state index in [4.69, 9.17) is 6.42 Å². The van der Waals surface area contributed by atoms with E-state index in [1.54, 1.807) is 0 Å². The number of nitrogens with one attached hydrogen (secondary N) is 1. The van der Waals surface area contributed by atoms with Gasteiger partial charge in [-0.2, -0.15) is 0 Å². The summed E-state index contributed by atoms with van der Waals surface area (Å²) in [4.78, 5) is 0. The van der Waals surface area contributed by atoms with Crippen molar-refractivity contribution >= 4 is 0 Å². The lowest BCUT2D eigenvalue weighted by Gasteiger charge is -2.16. The third-order valence-corrected chi connectivity index (χ3v) is 1.65. The van der Waals surface area contributed by atoms with Crippen molar-refractivity contribution in [3.63, 3.8) is 0 Å². The SMILES string of the molecule is C#CCC1(O)CCNC1. The van der Waals surface area contributed by atoms with E-state index in [0.717, 1.165) is 13.0 Å². The maximum Gasteiger partial charge on any atom is 0.0892 e. The summed E-state index contributed by atoms with van der Waals surface area (Å²) in [6.45, 7) is 1.54. The molecule has 50 valence electrons. The van der Waals surface area contributed by atoms with Crippen LogP contribution in [0.1, 0.15) is 12.8 Å². The standard InChI is InChI=1S/C7H11NO/c1-2-3-7(9)4-5-8-6-7/h1,8-9H,3-6H2. The maximum atomic E-state index is 9.49. The largest absolute Gasteiger partial charge is 0.388 e. The molecular weight excluding hydrogens is 114 g/mol. The van der Waals surface area contributed by atoms with Crippen LogP contribution >= 0.6 is 0 Å². The van der Waals surface area contributed by atoms with Gasteiger partial charge < -0.3 is 10.4 Å². The molecule has 1 unspecified atom stereocenters. The van der Waals surface area contributed by atoms with Crippen molar-refractivity contribution < 1.29 is 5.11 Å². The van der Waals surface area contributed by atoms with E-state index in [2.05, 4.69) is 11.2 Å². The normalized spacial score (nSPS) is 34.2. The molecule has 0 bridgehead atoms. The molecule has 0 amide bonds. The fourth-order valence-electron chi connectivity index (χ4n) is 1.07. The van der Waals surface area contributed by atoms with Gasteiger partial charge in [-0.1, -0.05) is 0 Å². The zero-order valence-electron chi connectivity index (χ0n) is 5.35. The van der Waals surface area contributed by atoms with E-state index in [0.29, 0.717) is 13.0 Å². The molecule has 2 N–H and O–H groups in total. The van der Waals surface area contributed by atoms with Crippen LogP contribution in [0.15, 0.2) is 0 Å². The third kappa shape index (κ3) is 1.44. The van der Waals surface area contributed by atoms with Gasteiger partial charge in [-0.3, -0.25) is 0 Å². The Kier molecular flexibility index (Phi) is 1.75. The number of rotatable bonds is 1. The molecule has 0 radical (unpaired) electrons. The van der Waals surface area contributed by atoms with Crippen LogP contribution in [-0.2, 0) is 0 Å². The molecule has 2 nitrogen and oxygen atoms in total. The second-order valence-electron chi connectivity index (χ2n) is 2.53. The van der Waals surface area contributed by atoms with E-state index >= 15 is 0 Å². The minimum absolute atomic E-state index is 0.472. The summed E-state index contributed by atoms with van der Waals surface area (Å²) in [5.74, 6) is 2.46. The Morgan fingerprint density at radius 1 is 1.78 bits per heavy atom. The second kappa shape index (κ2) is 2.38. The van der Waals surface area contributed by atoms with E-state index in [1.165, 1.54) is 0 Å². The Hall–Kier alpha value is -0.520. The van der Waals surface area contributed by atoms with Gasteiger partial charge in [0.1, 0.15) is 0 Å². The van der Waals surface area contributed by atoms with Crippen molar-refractivity contribution in [3.05, 3.63) is 0 Å². The summed E-state index contributed by atoms with van der Waals surface area (Å²) >= 11 is 0. The highest BCUT2D eigenvalue weighted by atomic mass is 16.3. The Morgan fingerprint density at radius 2 is 2.56 bits per heavy atom. The molecule has 1 heterocycles. The summed E-state index contributed by atoms with van der Waals surface area (Å²) in [5.41, 5.74) is -0.602. The van der Waals surface area contributed by atoms with Gasteiger partial charge in [0.25, 0.3) is 0 Å². The Morgan fingerprint density at radius 3 is 3.00 bits per heavy atom. The molecule has 0 aliphatic carbocycles. The number of terminal acetylenes is 1. The predicted molar refractivity (Wildman–Crippen MR) is 35.9 cm³/mol. The van der Waals surface area contributed by atoms with E-state index in [1.807, 2.05) is 0 Å². The summed E-state index contributed by atoms with van der Waals surface area (Å²) in [7, 11) is 0. The number of hydrogen-bond acceptors (Lipinski definition) is 2. The highest BCUT2D eigenvalue weighted by Gasteiger charge is 2.29.